The molecule has 0 bridgehead atoms. The molecule has 0 aliphatic rings. The highest BCUT2D eigenvalue weighted by molar-refractivity contribution is 5.78. The Bertz CT molecular complexity index is 406. The molecule has 1 amide bonds. The van der Waals surface area contributed by atoms with Gasteiger partial charge in [-0.1, -0.05) is 26.0 Å². The van der Waals surface area contributed by atoms with Gasteiger partial charge in [0, 0.05) is 18.3 Å². The molecule has 0 saturated carbocycles. The van der Waals surface area contributed by atoms with E-state index in [0.717, 1.165) is 30.8 Å². The van der Waals surface area contributed by atoms with Crippen LogP contribution in [-0.4, -0.2) is 29.9 Å². The number of carbonyl (C=O) groups is 1. The smallest absolute Gasteiger partial charge is 0.234 e. The van der Waals surface area contributed by atoms with Crippen LogP contribution in [0.2, 0.25) is 0 Å². The third-order valence-electron chi connectivity index (χ3n) is 3.19. The van der Waals surface area contributed by atoms with Gasteiger partial charge in [0.2, 0.25) is 5.91 Å². The van der Waals surface area contributed by atoms with E-state index in [4.69, 9.17) is 5.73 Å². The van der Waals surface area contributed by atoms with E-state index in [2.05, 4.69) is 24.1 Å². The molecule has 0 saturated heterocycles. The fourth-order valence-corrected chi connectivity index (χ4v) is 1.85. The van der Waals surface area contributed by atoms with Gasteiger partial charge in [-0.05, 0) is 37.6 Å². The molecule has 0 radical (unpaired) electrons. The lowest BCUT2D eigenvalue weighted by atomic mass is 10.2. The summed E-state index contributed by atoms with van der Waals surface area (Å²) in [5.74, 6) is 0.0834. The van der Waals surface area contributed by atoms with Crippen LogP contribution in [0.3, 0.4) is 0 Å². The first-order valence-electron chi connectivity index (χ1n) is 6.91. The highest BCUT2D eigenvalue weighted by Crippen LogP contribution is 2.09. The number of nitrogens with one attached hydrogen (secondary N) is 1. The molecule has 0 heterocycles. The summed E-state index contributed by atoms with van der Waals surface area (Å²) in [6.07, 6.45) is 0.951. The minimum atomic E-state index is 0.0834. The molecule has 0 aromatic heterocycles. The molecule has 1 unspecified atom stereocenters. The first-order chi connectivity index (χ1) is 9.05. The molecule has 1 aromatic rings. The van der Waals surface area contributed by atoms with E-state index in [1.165, 1.54) is 0 Å². The summed E-state index contributed by atoms with van der Waals surface area (Å²) >= 11 is 0. The van der Waals surface area contributed by atoms with Crippen molar-refractivity contribution < 1.29 is 4.79 Å². The third kappa shape index (κ3) is 5.75. The van der Waals surface area contributed by atoms with Crippen LogP contribution >= 0.6 is 0 Å². The number of nitrogens with two attached hydrogens (primary N) is 1. The second kappa shape index (κ2) is 7.79. The van der Waals surface area contributed by atoms with Gasteiger partial charge >= 0.3 is 0 Å². The van der Waals surface area contributed by atoms with E-state index in [-0.39, 0.29) is 11.9 Å². The molecular weight excluding hydrogens is 238 g/mol. The maximum atomic E-state index is 11.9. The van der Waals surface area contributed by atoms with Crippen LogP contribution in [0, 0.1) is 0 Å². The normalized spacial score (nSPS) is 12.4. The molecule has 1 atom stereocenters. The van der Waals surface area contributed by atoms with Gasteiger partial charge in [0.25, 0.3) is 0 Å². The summed E-state index contributed by atoms with van der Waals surface area (Å²) in [7, 11) is 0. The number of hydrogen-bond acceptors (Lipinski definition) is 3. The Labute approximate surface area is 116 Å². The van der Waals surface area contributed by atoms with Crippen molar-refractivity contribution in [2.75, 3.05) is 18.8 Å². The van der Waals surface area contributed by atoms with Gasteiger partial charge in [-0.15, -0.1) is 0 Å². The number of nitrogen functional groups attached to an aromatic ring is 1. The summed E-state index contributed by atoms with van der Waals surface area (Å²) < 4.78 is 0. The van der Waals surface area contributed by atoms with Crippen molar-refractivity contribution in [3.8, 4) is 0 Å². The van der Waals surface area contributed by atoms with Crippen molar-refractivity contribution in [1.29, 1.82) is 0 Å². The van der Waals surface area contributed by atoms with E-state index in [1.54, 1.807) is 0 Å². The topological polar surface area (TPSA) is 58.4 Å². The SMILES string of the molecule is CCC(C)NC(=O)CN(CC)Cc1cccc(N)c1. The second-order valence-corrected chi connectivity index (χ2v) is 4.93. The van der Waals surface area contributed by atoms with E-state index in [1.807, 2.05) is 31.2 Å². The van der Waals surface area contributed by atoms with Gasteiger partial charge < -0.3 is 11.1 Å². The fourth-order valence-electron chi connectivity index (χ4n) is 1.85. The molecule has 1 rings (SSSR count). The summed E-state index contributed by atoms with van der Waals surface area (Å²) in [6, 6.07) is 8.03. The third-order valence-corrected chi connectivity index (χ3v) is 3.19. The predicted octanol–water partition coefficient (Wildman–Crippen LogP) is 2.01. The van der Waals surface area contributed by atoms with Crippen LogP contribution in [0.5, 0.6) is 0 Å². The van der Waals surface area contributed by atoms with Crippen molar-refractivity contribution in [2.24, 2.45) is 0 Å². The van der Waals surface area contributed by atoms with E-state index >= 15 is 0 Å². The molecule has 3 N–H and O–H groups in total. The molecule has 19 heavy (non-hydrogen) atoms. The molecule has 0 fully saturated rings. The Morgan fingerprint density at radius 1 is 1.42 bits per heavy atom. The summed E-state index contributed by atoms with van der Waals surface area (Å²) in [4.78, 5) is 14.0. The van der Waals surface area contributed by atoms with E-state index in [0.29, 0.717) is 6.54 Å². The first kappa shape index (κ1) is 15.5. The standard InChI is InChI=1S/C15H25N3O/c1-4-12(3)17-15(19)11-18(5-2)10-13-7-6-8-14(16)9-13/h6-9,12H,4-5,10-11,16H2,1-3H3,(H,17,19). The number of anilines is 1. The molecule has 1 aromatic carbocycles. The molecule has 106 valence electrons. The zero-order chi connectivity index (χ0) is 14.3. The van der Waals surface area contributed by atoms with Crippen molar-refractivity contribution in [2.45, 2.75) is 39.8 Å². The Kier molecular flexibility index (Phi) is 6.36. The molecular formula is C15H25N3O. The minimum Gasteiger partial charge on any atom is -0.399 e. The minimum absolute atomic E-state index is 0.0834. The number of amides is 1. The van der Waals surface area contributed by atoms with Crippen LogP contribution < -0.4 is 11.1 Å². The molecule has 0 aliphatic carbocycles. The monoisotopic (exact) mass is 263 g/mol. The van der Waals surface area contributed by atoms with Gasteiger partial charge in [-0.2, -0.15) is 0 Å². The van der Waals surface area contributed by atoms with Crippen molar-refractivity contribution in [3.63, 3.8) is 0 Å². The van der Waals surface area contributed by atoms with Gasteiger partial charge in [0.15, 0.2) is 0 Å². The highest BCUT2D eigenvalue weighted by Gasteiger charge is 2.11. The average Bonchev–Trinajstić information content (AvgIpc) is 2.37. The number of carbonyl (C=O) groups excluding carboxylic acids is 1. The molecule has 0 aliphatic heterocycles. The van der Waals surface area contributed by atoms with Crippen LogP contribution in [0.4, 0.5) is 5.69 Å². The van der Waals surface area contributed by atoms with E-state index in [9.17, 15) is 4.79 Å². The van der Waals surface area contributed by atoms with Crippen molar-refractivity contribution in [1.82, 2.24) is 10.2 Å². The lowest BCUT2D eigenvalue weighted by Gasteiger charge is -2.21. The number of likely N-dealkylation sites (N-methyl/N-ethyl adjacent to an activating group) is 1. The van der Waals surface area contributed by atoms with Crippen LogP contribution in [0.25, 0.3) is 0 Å². The summed E-state index contributed by atoms with van der Waals surface area (Å²) in [5.41, 5.74) is 7.66. The zero-order valence-corrected chi connectivity index (χ0v) is 12.1. The van der Waals surface area contributed by atoms with Gasteiger partial charge in [-0.3, -0.25) is 9.69 Å². The maximum absolute atomic E-state index is 11.9. The number of hydrogen-bond donors (Lipinski definition) is 2. The lowest BCUT2D eigenvalue weighted by Crippen LogP contribution is -2.40. The largest absolute Gasteiger partial charge is 0.399 e. The van der Waals surface area contributed by atoms with Gasteiger partial charge in [-0.25, -0.2) is 0 Å². The van der Waals surface area contributed by atoms with Crippen LogP contribution in [-0.2, 0) is 11.3 Å². The predicted molar refractivity (Wildman–Crippen MR) is 79.7 cm³/mol. The second-order valence-electron chi connectivity index (χ2n) is 4.93. The number of nitrogens with zero attached hydrogens (tertiary/aromatic N) is 1. The quantitative estimate of drug-likeness (QED) is 0.740. The average molecular weight is 263 g/mol. The Balaban J connectivity index is 2.52. The summed E-state index contributed by atoms with van der Waals surface area (Å²) in [5, 5.41) is 2.99. The number of benzene rings is 1. The maximum Gasteiger partial charge on any atom is 0.234 e. The van der Waals surface area contributed by atoms with Gasteiger partial charge in [0.05, 0.1) is 6.54 Å². The molecule has 4 nitrogen and oxygen atoms in total. The first-order valence-corrected chi connectivity index (χ1v) is 6.91. The molecule has 4 heteroatoms. The Morgan fingerprint density at radius 2 is 2.16 bits per heavy atom. The Morgan fingerprint density at radius 3 is 2.74 bits per heavy atom. The van der Waals surface area contributed by atoms with Gasteiger partial charge in [0.1, 0.15) is 0 Å². The highest BCUT2D eigenvalue weighted by atomic mass is 16.2. The number of rotatable bonds is 7. The van der Waals surface area contributed by atoms with Crippen LogP contribution in [0.15, 0.2) is 24.3 Å². The van der Waals surface area contributed by atoms with Crippen molar-refractivity contribution >= 4 is 11.6 Å². The van der Waals surface area contributed by atoms with E-state index < -0.39 is 0 Å². The Hall–Kier alpha value is -1.55. The van der Waals surface area contributed by atoms with Crippen molar-refractivity contribution in [3.05, 3.63) is 29.8 Å². The zero-order valence-electron chi connectivity index (χ0n) is 12.1. The van der Waals surface area contributed by atoms with Crippen LogP contribution in [0.1, 0.15) is 32.8 Å². The molecule has 0 spiro atoms. The fraction of sp³-hybridized carbons (Fsp3) is 0.533. The summed E-state index contributed by atoms with van der Waals surface area (Å²) in [6.45, 7) is 8.15. The lowest BCUT2D eigenvalue weighted by molar-refractivity contribution is -0.122.